The Hall–Kier alpha value is -1.56. The molecule has 0 bridgehead atoms. The van der Waals surface area contributed by atoms with Crippen LogP contribution in [0, 0.1) is 12.8 Å². The Kier molecular flexibility index (Phi) is 8.47. The van der Waals surface area contributed by atoms with E-state index in [2.05, 4.69) is 10.3 Å². The van der Waals surface area contributed by atoms with E-state index in [0.29, 0.717) is 29.3 Å². The number of carbonyl (C=O) groups excluding carboxylic acids is 1. The second-order valence-corrected chi connectivity index (χ2v) is 6.04. The van der Waals surface area contributed by atoms with Crippen molar-refractivity contribution >= 4 is 30.7 Å². The van der Waals surface area contributed by atoms with E-state index in [-0.39, 0.29) is 36.6 Å². The zero-order chi connectivity index (χ0) is 16.3. The monoisotopic (exact) mass is 373 g/mol. The largest absolute Gasteiger partial charge is 0.463 e. The van der Waals surface area contributed by atoms with Gasteiger partial charge in [-0.05, 0) is 44.0 Å². The molecule has 0 aliphatic carbocycles. The summed E-state index contributed by atoms with van der Waals surface area (Å²) in [6.07, 6.45) is 1.60. The summed E-state index contributed by atoms with van der Waals surface area (Å²) in [6.45, 7) is 8.23. The normalized spacial score (nSPS) is 12.8. The van der Waals surface area contributed by atoms with Gasteiger partial charge in [0.2, 0.25) is 0 Å². The molecular formula is C17H25Cl2N3O2. The zero-order valence-corrected chi connectivity index (χ0v) is 16.0. The molecule has 24 heavy (non-hydrogen) atoms. The average molecular weight is 374 g/mol. The summed E-state index contributed by atoms with van der Waals surface area (Å²) in [4.78, 5) is 17.0. The molecule has 1 unspecified atom stereocenters. The molecule has 0 saturated carbocycles. The van der Waals surface area contributed by atoms with E-state index in [1.807, 2.05) is 39.8 Å². The number of nitrogens with two attached hydrogens (primary N) is 1. The Balaban J connectivity index is 0.00000264. The molecule has 134 valence electrons. The fraction of sp³-hybridized carbons (Fsp3) is 0.412. The molecule has 1 amide bonds. The molecule has 0 fully saturated rings. The molecule has 2 aromatic rings. The lowest BCUT2D eigenvalue weighted by molar-refractivity contribution is 0.0882. The number of halogens is 2. The van der Waals surface area contributed by atoms with Gasteiger partial charge < -0.3 is 15.5 Å². The highest BCUT2D eigenvalue weighted by Crippen LogP contribution is 2.21. The van der Waals surface area contributed by atoms with Crippen molar-refractivity contribution in [1.82, 2.24) is 10.3 Å². The third-order valence-electron chi connectivity index (χ3n) is 4.20. The van der Waals surface area contributed by atoms with E-state index < -0.39 is 5.54 Å². The minimum absolute atomic E-state index is 0. The van der Waals surface area contributed by atoms with Gasteiger partial charge in [0.25, 0.3) is 5.91 Å². The number of pyridine rings is 1. The SMILES string of the molecule is Cc1nc(-c2ccco2)ccc1C(=O)NC(C)(CN)C(C)C.Cl.Cl. The van der Waals surface area contributed by atoms with Gasteiger partial charge in [-0.3, -0.25) is 4.79 Å². The van der Waals surface area contributed by atoms with Crippen LogP contribution in [0.5, 0.6) is 0 Å². The molecule has 2 aromatic heterocycles. The highest BCUT2D eigenvalue weighted by atomic mass is 35.5. The lowest BCUT2D eigenvalue weighted by Gasteiger charge is -2.33. The average Bonchev–Trinajstić information content (AvgIpc) is 3.00. The number of aromatic nitrogens is 1. The summed E-state index contributed by atoms with van der Waals surface area (Å²) in [5.74, 6) is 0.763. The highest BCUT2D eigenvalue weighted by Gasteiger charge is 2.29. The second kappa shape index (κ2) is 9.06. The first-order chi connectivity index (χ1) is 10.4. The first-order valence-electron chi connectivity index (χ1n) is 7.41. The first kappa shape index (κ1) is 22.4. The van der Waals surface area contributed by atoms with Crippen molar-refractivity contribution in [1.29, 1.82) is 0 Å². The van der Waals surface area contributed by atoms with Crippen molar-refractivity contribution in [3.8, 4) is 11.5 Å². The maximum absolute atomic E-state index is 12.5. The second-order valence-electron chi connectivity index (χ2n) is 6.04. The Labute approximate surface area is 155 Å². The van der Waals surface area contributed by atoms with E-state index in [1.54, 1.807) is 18.4 Å². The van der Waals surface area contributed by atoms with Crippen LogP contribution in [0.4, 0.5) is 0 Å². The molecule has 7 heteroatoms. The molecule has 0 aromatic carbocycles. The first-order valence-corrected chi connectivity index (χ1v) is 7.41. The predicted molar refractivity (Wildman–Crippen MR) is 101 cm³/mol. The van der Waals surface area contributed by atoms with Crippen molar-refractivity contribution in [3.63, 3.8) is 0 Å². The maximum Gasteiger partial charge on any atom is 0.253 e. The number of carbonyl (C=O) groups is 1. The summed E-state index contributed by atoms with van der Waals surface area (Å²) < 4.78 is 5.32. The van der Waals surface area contributed by atoms with Crippen LogP contribution in [-0.4, -0.2) is 23.0 Å². The summed E-state index contributed by atoms with van der Waals surface area (Å²) in [6, 6.07) is 7.21. The summed E-state index contributed by atoms with van der Waals surface area (Å²) in [5, 5.41) is 3.03. The van der Waals surface area contributed by atoms with Gasteiger partial charge in [-0.15, -0.1) is 24.8 Å². The number of aryl methyl sites for hydroxylation is 1. The molecule has 0 aliphatic heterocycles. The molecule has 2 heterocycles. The van der Waals surface area contributed by atoms with Crippen LogP contribution in [-0.2, 0) is 0 Å². The lowest BCUT2D eigenvalue weighted by Crippen LogP contribution is -2.55. The summed E-state index contributed by atoms with van der Waals surface area (Å²) >= 11 is 0. The Morgan fingerprint density at radius 2 is 2.00 bits per heavy atom. The van der Waals surface area contributed by atoms with Crippen molar-refractivity contribution in [2.75, 3.05) is 6.54 Å². The molecular weight excluding hydrogens is 349 g/mol. The van der Waals surface area contributed by atoms with E-state index in [0.717, 1.165) is 0 Å². The number of amides is 1. The van der Waals surface area contributed by atoms with Crippen LogP contribution in [0.1, 0.15) is 36.8 Å². The smallest absolute Gasteiger partial charge is 0.253 e. The minimum Gasteiger partial charge on any atom is -0.463 e. The van der Waals surface area contributed by atoms with Crippen LogP contribution >= 0.6 is 24.8 Å². The lowest BCUT2D eigenvalue weighted by atomic mass is 9.88. The Morgan fingerprint density at radius 1 is 1.33 bits per heavy atom. The number of hydrogen-bond acceptors (Lipinski definition) is 4. The summed E-state index contributed by atoms with van der Waals surface area (Å²) in [5.41, 5.74) is 7.30. The Bertz CT molecular complexity index is 660. The fourth-order valence-corrected chi connectivity index (χ4v) is 2.12. The van der Waals surface area contributed by atoms with Crippen LogP contribution < -0.4 is 11.1 Å². The molecule has 1 atom stereocenters. The van der Waals surface area contributed by atoms with E-state index >= 15 is 0 Å². The van der Waals surface area contributed by atoms with Crippen molar-refractivity contribution in [3.05, 3.63) is 41.8 Å². The van der Waals surface area contributed by atoms with E-state index in [4.69, 9.17) is 10.2 Å². The van der Waals surface area contributed by atoms with Gasteiger partial charge in [0.1, 0.15) is 5.69 Å². The van der Waals surface area contributed by atoms with Crippen molar-refractivity contribution in [2.24, 2.45) is 11.7 Å². The van der Waals surface area contributed by atoms with Crippen LogP contribution in [0.3, 0.4) is 0 Å². The minimum atomic E-state index is -0.441. The third-order valence-corrected chi connectivity index (χ3v) is 4.20. The van der Waals surface area contributed by atoms with Gasteiger partial charge in [-0.2, -0.15) is 0 Å². The topological polar surface area (TPSA) is 81.2 Å². The van der Waals surface area contributed by atoms with Crippen LogP contribution in [0.2, 0.25) is 0 Å². The quantitative estimate of drug-likeness (QED) is 0.838. The van der Waals surface area contributed by atoms with Gasteiger partial charge in [0.05, 0.1) is 23.1 Å². The molecule has 0 radical (unpaired) electrons. The van der Waals surface area contributed by atoms with Gasteiger partial charge in [-0.25, -0.2) is 4.98 Å². The molecule has 5 nitrogen and oxygen atoms in total. The molecule has 2 rings (SSSR count). The van der Waals surface area contributed by atoms with Gasteiger partial charge in [0.15, 0.2) is 5.76 Å². The number of furan rings is 1. The van der Waals surface area contributed by atoms with Gasteiger partial charge in [-0.1, -0.05) is 13.8 Å². The van der Waals surface area contributed by atoms with E-state index in [9.17, 15) is 4.79 Å². The highest BCUT2D eigenvalue weighted by molar-refractivity contribution is 5.96. The van der Waals surface area contributed by atoms with Gasteiger partial charge in [0, 0.05) is 6.54 Å². The fourth-order valence-electron chi connectivity index (χ4n) is 2.12. The standard InChI is InChI=1S/C17H23N3O2.2ClH/c1-11(2)17(4,10-18)20-16(21)13-7-8-14(19-12(13)3)15-6-5-9-22-15;;/h5-9,11H,10,18H2,1-4H3,(H,20,21);2*1H. The maximum atomic E-state index is 12.5. The van der Waals surface area contributed by atoms with Crippen LogP contribution in [0.25, 0.3) is 11.5 Å². The number of nitrogens with one attached hydrogen (secondary N) is 1. The molecule has 3 N–H and O–H groups in total. The number of hydrogen-bond donors (Lipinski definition) is 2. The number of nitrogens with zero attached hydrogens (tertiary/aromatic N) is 1. The molecule has 0 aliphatic rings. The van der Waals surface area contributed by atoms with Gasteiger partial charge >= 0.3 is 0 Å². The van der Waals surface area contributed by atoms with Crippen LogP contribution in [0.15, 0.2) is 34.9 Å². The zero-order valence-electron chi connectivity index (χ0n) is 14.3. The molecule has 0 saturated heterocycles. The third kappa shape index (κ3) is 4.72. The van der Waals surface area contributed by atoms with Crippen molar-refractivity contribution < 1.29 is 9.21 Å². The summed E-state index contributed by atoms with van der Waals surface area (Å²) in [7, 11) is 0. The van der Waals surface area contributed by atoms with E-state index in [1.165, 1.54) is 0 Å². The molecule has 0 spiro atoms. The number of rotatable bonds is 5. The predicted octanol–water partition coefficient (Wildman–Crippen LogP) is 3.60. The Morgan fingerprint density at radius 3 is 2.46 bits per heavy atom. The van der Waals surface area contributed by atoms with Crippen molar-refractivity contribution in [2.45, 2.75) is 33.2 Å².